The van der Waals surface area contributed by atoms with Crippen molar-refractivity contribution in [3.8, 4) is 11.5 Å². The molecule has 0 spiro atoms. The molecule has 0 aliphatic heterocycles. The topological polar surface area (TPSA) is 21.3 Å². The quantitative estimate of drug-likeness (QED) is 0.863. The minimum absolute atomic E-state index is 0.852. The third kappa shape index (κ3) is 3.33. The van der Waals surface area contributed by atoms with E-state index in [4.69, 9.17) is 4.74 Å². The highest BCUT2D eigenvalue weighted by molar-refractivity contribution is 5.35. The first kappa shape index (κ1) is 11.7. The van der Waals surface area contributed by atoms with Gasteiger partial charge in [0.15, 0.2) is 0 Å². The maximum absolute atomic E-state index is 5.79. The molecule has 0 saturated heterocycles. The Balaban J connectivity index is 2.12. The van der Waals surface area contributed by atoms with Gasteiger partial charge in [-0.25, -0.2) is 0 Å². The molecule has 0 amide bonds. The van der Waals surface area contributed by atoms with Gasteiger partial charge in [0.05, 0.1) is 0 Å². The molecule has 0 aliphatic carbocycles. The fourth-order valence-electron chi connectivity index (χ4n) is 1.67. The largest absolute Gasteiger partial charge is 0.457 e. The molecule has 88 valence electrons. The predicted octanol–water partition coefficient (Wildman–Crippen LogP) is 3.51. The van der Waals surface area contributed by atoms with E-state index >= 15 is 0 Å². The number of aryl methyl sites for hydroxylation is 1. The Hall–Kier alpha value is -1.80. The molecule has 0 bridgehead atoms. The van der Waals surface area contributed by atoms with Gasteiger partial charge >= 0.3 is 0 Å². The molecule has 0 radical (unpaired) electrons. The summed E-state index contributed by atoms with van der Waals surface area (Å²) in [5.41, 5.74) is 2.46. The number of ether oxygens (including phenoxy) is 1. The van der Waals surface area contributed by atoms with E-state index in [-0.39, 0.29) is 0 Å². The van der Waals surface area contributed by atoms with Gasteiger partial charge in [-0.05, 0) is 43.8 Å². The highest BCUT2D eigenvalue weighted by atomic mass is 16.5. The number of hydrogen-bond donors (Lipinski definition) is 1. The number of rotatable bonds is 4. The van der Waals surface area contributed by atoms with Crippen LogP contribution in [0.5, 0.6) is 11.5 Å². The number of hydrogen-bond acceptors (Lipinski definition) is 2. The lowest BCUT2D eigenvalue weighted by atomic mass is 10.2. The van der Waals surface area contributed by atoms with Crippen LogP contribution < -0.4 is 10.1 Å². The van der Waals surface area contributed by atoms with Gasteiger partial charge in [0.2, 0.25) is 0 Å². The van der Waals surface area contributed by atoms with E-state index in [2.05, 4.69) is 24.4 Å². The lowest BCUT2D eigenvalue weighted by molar-refractivity contribution is 0.481. The highest BCUT2D eigenvalue weighted by Crippen LogP contribution is 2.22. The Bertz CT molecular complexity index is 477. The summed E-state index contributed by atoms with van der Waals surface area (Å²) in [5.74, 6) is 1.75. The van der Waals surface area contributed by atoms with Gasteiger partial charge in [-0.1, -0.05) is 29.8 Å². The molecule has 0 aromatic heterocycles. The van der Waals surface area contributed by atoms with Crippen LogP contribution in [0.15, 0.2) is 48.5 Å². The van der Waals surface area contributed by atoms with Crippen LogP contribution in [0.2, 0.25) is 0 Å². The van der Waals surface area contributed by atoms with Gasteiger partial charge in [0, 0.05) is 6.54 Å². The van der Waals surface area contributed by atoms with Crippen molar-refractivity contribution in [2.24, 2.45) is 0 Å². The van der Waals surface area contributed by atoms with Crippen LogP contribution in [0.1, 0.15) is 11.1 Å². The Morgan fingerprint density at radius 2 is 1.76 bits per heavy atom. The zero-order valence-corrected chi connectivity index (χ0v) is 10.2. The maximum atomic E-state index is 5.79. The monoisotopic (exact) mass is 227 g/mol. The second-order valence-corrected chi connectivity index (χ2v) is 4.09. The molecule has 17 heavy (non-hydrogen) atoms. The second-order valence-electron chi connectivity index (χ2n) is 4.09. The van der Waals surface area contributed by atoms with Crippen molar-refractivity contribution in [1.29, 1.82) is 0 Å². The summed E-state index contributed by atoms with van der Waals surface area (Å²) in [6.45, 7) is 2.92. The molecule has 0 aliphatic rings. The average molecular weight is 227 g/mol. The van der Waals surface area contributed by atoms with Crippen LogP contribution in [0.3, 0.4) is 0 Å². The van der Waals surface area contributed by atoms with Crippen LogP contribution >= 0.6 is 0 Å². The smallest absolute Gasteiger partial charge is 0.127 e. The third-order valence-electron chi connectivity index (χ3n) is 2.54. The van der Waals surface area contributed by atoms with Crippen LogP contribution in [0, 0.1) is 6.92 Å². The van der Waals surface area contributed by atoms with Crippen molar-refractivity contribution in [1.82, 2.24) is 5.32 Å². The molecule has 2 nitrogen and oxygen atoms in total. The summed E-state index contributed by atoms with van der Waals surface area (Å²) < 4.78 is 5.79. The van der Waals surface area contributed by atoms with E-state index in [9.17, 15) is 0 Å². The van der Waals surface area contributed by atoms with Crippen molar-refractivity contribution in [3.05, 3.63) is 59.7 Å². The lowest BCUT2D eigenvalue weighted by Crippen LogP contribution is -2.04. The summed E-state index contributed by atoms with van der Waals surface area (Å²) in [6, 6.07) is 16.2. The van der Waals surface area contributed by atoms with Crippen LogP contribution in [0.25, 0.3) is 0 Å². The summed E-state index contributed by atoms with van der Waals surface area (Å²) in [5, 5.41) is 3.13. The fourth-order valence-corrected chi connectivity index (χ4v) is 1.67. The first-order chi connectivity index (χ1) is 8.28. The van der Waals surface area contributed by atoms with Gasteiger partial charge in [-0.3, -0.25) is 0 Å². The van der Waals surface area contributed by atoms with Gasteiger partial charge in [-0.15, -0.1) is 0 Å². The first-order valence-electron chi connectivity index (χ1n) is 5.76. The van der Waals surface area contributed by atoms with Crippen LogP contribution in [-0.4, -0.2) is 7.05 Å². The first-order valence-corrected chi connectivity index (χ1v) is 5.76. The van der Waals surface area contributed by atoms with E-state index < -0.39 is 0 Å². The predicted molar refractivity (Wildman–Crippen MR) is 70.5 cm³/mol. The molecule has 0 fully saturated rings. The van der Waals surface area contributed by atoms with Crippen molar-refractivity contribution in [3.63, 3.8) is 0 Å². The van der Waals surface area contributed by atoms with E-state index in [1.165, 1.54) is 11.1 Å². The number of nitrogens with one attached hydrogen (secondary N) is 1. The van der Waals surface area contributed by atoms with Crippen molar-refractivity contribution < 1.29 is 4.74 Å². The van der Waals surface area contributed by atoms with E-state index in [0.29, 0.717) is 0 Å². The second kappa shape index (κ2) is 5.51. The van der Waals surface area contributed by atoms with Gasteiger partial charge in [0.1, 0.15) is 11.5 Å². The van der Waals surface area contributed by atoms with Gasteiger partial charge in [-0.2, -0.15) is 0 Å². The van der Waals surface area contributed by atoms with E-state index in [1.54, 1.807) is 0 Å². The SMILES string of the molecule is CNCc1cccc(Oc2ccc(C)cc2)c1. The van der Waals surface area contributed by atoms with Crippen molar-refractivity contribution in [2.75, 3.05) is 7.05 Å². The van der Waals surface area contributed by atoms with E-state index in [1.807, 2.05) is 43.4 Å². The Kier molecular flexibility index (Phi) is 3.78. The summed E-state index contributed by atoms with van der Waals surface area (Å²) in [6.07, 6.45) is 0. The maximum Gasteiger partial charge on any atom is 0.127 e. The summed E-state index contributed by atoms with van der Waals surface area (Å²) in [4.78, 5) is 0. The molecular formula is C15H17NO. The zero-order chi connectivity index (χ0) is 12.1. The number of benzene rings is 2. The lowest BCUT2D eigenvalue weighted by Gasteiger charge is -2.07. The molecule has 2 aromatic rings. The zero-order valence-electron chi connectivity index (χ0n) is 10.2. The molecule has 0 unspecified atom stereocenters. The summed E-state index contributed by atoms with van der Waals surface area (Å²) in [7, 11) is 1.94. The molecule has 1 N–H and O–H groups in total. The minimum atomic E-state index is 0.852. The van der Waals surface area contributed by atoms with Crippen molar-refractivity contribution in [2.45, 2.75) is 13.5 Å². The molecular weight excluding hydrogens is 210 g/mol. The minimum Gasteiger partial charge on any atom is -0.457 e. The summed E-state index contributed by atoms with van der Waals surface area (Å²) >= 11 is 0. The van der Waals surface area contributed by atoms with Crippen LogP contribution in [0.4, 0.5) is 0 Å². The van der Waals surface area contributed by atoms with E-state index in [0.717, 1.165) is 18.0 Å². The Labute approximate surface area is 102 Å². The Morgan fingerprint density at radius 1 is 1.00 bits per heavy atom. The molecule has 0 atom stereocenters. The molecule has 2 rings (SSSR count). The fraction of sp³-hybridized carbons (Fsp3) is 0.200. The Morgan fingerprint density at radius 3 is 2.47 bits per heavy atom. The van der Waals surface area contributed by atoms with Gasteiger partial charge in [0.25, 0.3) is 0 Å². The third-order valence-corrected chi connectivity index (χ3v) is 2.54. The van der Waals surface area contributed by atoms with Gasteiger partial charge < -0.3 is 10.1 Å². The molecule has 0 saturated carbocycles. The molecule has 2 heteroatoms. The van der Waals surface area contributed by atoms with Crippen LogP contribution in [-0.2, 0) is 6.54 Å². The van der Waals surface area contributed by atoms with Crippen molar-refractivity contribution >= 4 is 0 Å². The molecule has 0 heterocycles. The highest BCUT2D eigenvalue weighted by Gasteiger charge is 1.98. The average Bonchev–Trinajstić information content (AvgIpc) is 2.33. The molecule has 2 aromatic carbocycles. The normalized spacial score (nSPS) is 10.2. The standard InChI is InChI=1S/C15H17NO/c1-12-6-8-14(9-7-12)17-15-5-3-4-13(10-15)11-16-2/h3-10,16H,11H2,1-2H3.